The molecule has 1 aromatic carbocycles. The summed E-state index contributed by atoms with van der Waals surface area (Å²) in [5.74, 6) is 0.769. The van der Waals surface area contributed by atoms with E-state index >= 15 is 0 Å². The molecule has 0 aliphatic rings. The van der Waals surface area contributed by atoms with Gasteiger partial charge in [-0.2, -0.15) is 0 Å². The molecular formula is C15H25BrN2. The number of halogens is 1. The van der Waals surface area contributed by atoms with Gasteiger partial charge < -0.3 is 10.6 Å². The highest BCUT2D eigenvalue weighted by Gasteiger charge is 2.11. The van der Waals surface area contributed by atoms with Crippen molar-refractivity contribution in [3.05, 3.63) is 28.2 Å². The van der Waals surface area contributed by atoms with E-state index in [-0.39, 0.29) is 0 Å². The van der Waals surface area contributed by atoms with Gasteiger partial charge in [0.05, 0.1) is 0 Å². The third kappa shape index (κ3) is 4.29. The SMILES string of the molecule is CCC(CC)CN(CC)c1cc(Br)cc(CN)c1. The number of rotatable bonds is 7. The second-order valence-corrected chi connectivity index (χ2v) is 5.66. The van der Waals surface area contributed by atoms with E-state index < -0.39 is 0 Å². The molecular weight excluding hydrogens is 288 g/mol. The lowest BCUT2D eigenvalue weighted by Crippen LogP contribution is -2.29. The molecule has 3 heteroatoms. The van der Waals surface area contributed by atoms with Crippen LogP contribution in [0.3, 0.4) is 0 Å². The largest absolute Gasteiger partial charge is 0.371 e. The molecule has 1 aromatic rings. The van der Waals surface area contributed by atoms with Crippen molar-refractivity contribution in [2.75, 3.05) is 18.0 Å². The predicted molar refractivity (Wildman–Crippen MR) is 84.0 cm³/mol. The Morgan fingerprint density at radius 2 is 1.83 bits per heavy atom. The van der Waals surface area contributed by atoms with E-state index in [1.807, 2.05) is 0 Å². The molecule has 0 spiro atoms. The molecule has 0 atom stereocenters. The van der Waals surface area contributed by atoms with Crippen LogP contribution in [-0.4, -0.2) is 13.1 Å². The first-order valence-electron chi connectivity index (χ1n) is 6.88. The van der Waals surface area contributed by atoms with Gasteiger partial charge in [0.1, 0.15) is 0 Å². The zero-order chi connectivity index (χ0) is 13.5. The van der Waals surface area contributed by atoms with Crippen molar-refractivity contribution < 1.29 is 0 Å². The summed E-state index contributed by atoms with van der Waals surface area (Å²) in [6.45, 7) is 9.52. The van der Waals surface area contributed by atoms with Crippen LogP contribution in [-0.2, 0) is 6.54 Å². The Morgan fingerprint density at radius 3 is 2.33 bits per heavy atom. The molecule has 0 saturated heterocycles. The zero-order valence-corrected chi connectivity index (χ0v) is 13.3. The average Bonchev–Trinajstić information content (AvgIpc) is 2.39. The van der Waals surface area contributed by atoms with Gasteiger partial charge in [-0.1, -0.05) is 42.6 Å². The van der Waals surface area contributed by atoms with Crippen LogP contribution >= 0.6 is 15.9 Å². The van der Waals surface area contributed by atoms with E-state index in [0.717, 1.165) is 23.5 Å². The van der Waals surface area contributed by atoms with E-state index in [2.05, 4.69) is 59.8 Å². The van der Waals surface area contributed by atoms with Gasteiger partial charge in [-0.3, -0.25) is 0 Å². The summed E-state index contributed by atoms with van der Waals surface area (Å²) in [7, 11) is 0. The first-order chi connectivity index (χ1) is 8.64. The second-order valence-electron chi connectivity index (χ2n) is 4.74. The normalized spacial score (nSPS) is 11.0. The molecule has 0 aliphatic heterocycles. The molecule has 0 heterocycles. The van der Waals surface area contributed by atoms with Crippen molar-refractivity contribution in [1.29, 1.82) is 0 Å². The van der Waals surface area contributed by atoms with Crippen LogP contribution in [0.1, 0.15) is 39.2 Å². The Hall–Kier alpha value is -0.540. The van der Waals surface area contributed by atoms with Crippen LogP contribution in [0, 0.1) is 5.92 Å². The molecule has 0 aliphatic carbocycles. The van der Waals surface area contributed by atoms with Crippen molar-refractivity contribution in [3.8, 4) is 0 Å². The number of hydrogen-bond acceptors (Lipinski definition) is 2. The summed E-state index contributed by atoms with van der Waals surface area (Å²) in [5, 5.41) is 0. The molecule has 0 amide bonds. The number of hydrogen-bond donors (Lipinski definition) is 1. The van der Waals surface area contributed by atoms with Crippen LogP contribution < -0.4 is 10.6 Å². The Bertz CT molecular complexity index is 362. The summed E-state index contributed by atoms with van der Waals surface area (Å²) in [6.07, 6.45) is 2.48. The maximum atomic E-state index is 5.74. The van der Waals surface area contributed by atoms with Gasteiger partial charge in [0.2, 0.25) is 0 Å². The number of anilines is 1. The molecule has 2 nitrogen and oxygen atoms in total. The summed E-state index contributed by atoms with van der Waals surface area (Å²) >= 11 is 3.57. The highest BCUT2D eigenvalue weighted by molar-refractivity contribution is 9.10. The molecule has 0 bridgehead atoms. The van der Waals surface area contributed by atoms with Crippen molar-refractivity contribution >= 4 is 21.6 Å². The summed E-state index contributed by atoms with van der Waals surface area (Å²) < 4.78 is 1.11. The van der Waals surface area contributed by atoms with Crippen LogP contribution in [0.15, 0.2) is 22.7 Å². The number of benzene rings is 1. The second kappa shape index (κ2) is 7.80. The molecule has 0 fully saturated rings. The molecule has 0 saturated carbocycles. The van der Waals surface area contributed by atoms with Gasteiger partial charge >= 0.3 is 0 Å². The van der Waals surface area contributed by atoms with Gasteiger partial charge in [0.25, 0.3) is 0 Å². The van der Waals surface area contributed by atoms with Crippen molar-refractivity contribution in [2.45, 2.75) is 40.2 Å². The van der Waals surface area contributed by atoms with Gasteiger partial charge in [0, 0.05) is 29.8 Å². The quantitative estimate of drug-likeness (QED) is 0.818. The summed E-state index contributed by atoms with van der Waals surface area (Å²) in [5.41, 5.74) is 8.20. The van der Waals surface area contributed by atoms with Crippen LogP contribution in [0.25, 0.3) is 0 Å². The Kier molecular flexibility index (Phi) is 6.72. The lowest BCUT2D eigenvalue weighted by atomic mass is 10.0. The highest BCUT2D eigenvalue weighted by Crippen LogP contribution is 2.24. The molecule has 0 aromatic heterocycles. The fraction of sp³-hybridized carbons (Fsp3) is 0.600. The van der Waals surface area contributed by atoms with Crippen LogP contribution in [0.4, 0.5) is 5.69 Å². The topological polar surface area (TPSA) is 29.3 Å². The minimum absolute atomic E-state index is 0.592. The van der Waals surface area contributed by atoms with E-state index in [1.165, 1.54) is 24.1 Å². The van der Waals surface area contributed by atoms with E-state index in [4.69, 9.17) is 5.73 Å². The fourth-order valence-corrected chi connectivity index (χ4v) is 2.74. The summed E-state index contributed by atoms with van der Waals surface area (Å²) in [6, 6.07) is 6.48. The standard InChI is InChI=1S/C15H25BrN2/c1-4-12(5-2)11-18(6-3)15-8-13(10-17)7-14(16)9-15/h7-9,12H,4-6,10-11,17H2,1-3H3. The molecule has 1 rings (SSSR count). The lowest BCUT2D eigenvalue weighted by Gasteiger charge is -2.28. The maximum Gasteiger partial charge on any atom is 0.0380 e. The Labute approximate surface area is 120 Å². The van der Waals surface area contributed by atoms with Crippen LogP contribution in [0.5, 0.6) is 0 Å². The fourth-order valence-electron chi connectivity index (χ4n) is 2.21. The van der Waals surface area contributed by atoms with E-state index in [0.29, 0.717) is 6.54 Å². The third-order valence-corrected chi connectivity index (χ3v) is 4.02. The average molecular weight is 313 g/mol. The van der Waals surface area contributed by atoms with Crippen LogP contribution in [0.2, 0.25) is 0 Å². The molecule has 0 radical (unpaired) electrons. The minimum Gasteiger partial charge on any atom is -0.371 e. The smallest absolute Gasteiger partial charge is 0.0380 e. The van der Waals surface area contributed by atoms with E-state index in [9.17, 15) is 0 Å². The summed E-state index contributed by atoms with van der Waals surface area (Å²) in [4.78, 5) is 2.45. The van der Waals surface area contributed by atoms with Crippen molar-refractivity contribution in [3.63, 3.8) is 0 Å². The molecule has 2 N–H and O–H groups in total. The molecule has 0 unspecified atom stereocenters. The number of nitrogens with two attached hydrogens (primary N) is 1. The monoisotopic (exact) mass is 312 g/mol. The van der Waals surface area contributed by atoms with Gasteiger partial charge in [-0.05, 0) is 36.6 Å². The van der Waals surface area contributed by atoms with E-state index in [1.54, 1.807) is 0 Å². The van der Waals surface area contributed by atoms with Crippen molar-refractivity contribution in [2.24, 2.45) is 11.7 Å². The first-order valence-corrected chi connectivity index (χ1v) is 7.68. The zero-order valence-electron chi connectivity index (χ0n) is 11.7. The third-order valence-electron chi connectivity index (χ3n) is 3.56. The maximum absolute atomic E-state index is 5.74. The molecule has 102 valence electrons. The number of nitrogens with zero attached hydrogens (tertiary/aromatic N) is 1. The first kappa shape index (κ1) is 15.5. The Balaban J connectivity index is 2.90. The van der Waals surface area contributed by atoms with Crippen molar-refractivity contribution in [1.82, 2.24) is 0 Å². The predicted octanol–water partition coefficient (Wildman–Crippen LogP) is 4.17. The highest BCUT2D eigenvalue weighted by atomic mass is 79.9. The Morgan fingerprint density at radius 1 is 1.17 bits per heavy atom. The lowest BCUT2D eigenvalue weighted by molar-refractivity contribution is 0.486. The minimum atomic E-state index is 0.592. The van der Waals surface area contributed by atoms with Gasteiger partial charge in [-0.25, -0.2) is 0 Å². The van der Waals surface area contributed by atoms with Gasteiger partial charge in [0.15, 0.2) is 0 Å². The van der Waals surface area contributed by atoms with Gasteiger partial charge in [-0.15, -0.1) is 0 Å². The molecule has 18 heavy (non-hydrogen) atoms.